The molecule has 2 aromatic rings. The van der Waals surface area contributed by atoms with Crippen LogP contribution in [-0.4, -0.2) is 18.2 Å². The van der Waals surface area contributed by atoms with Gasteiger partial charge in [-0.1, -0.05) is 54.6 Å². The number of carbonyl (C=O) groups is 1. The van der Waals surface area contributed by atoms with Gasteiger partial charge in [-0.2, -0.15) is 0 Å². The second kappa shape index (κ2) is 7.10. The lowest BCUT2D eigenvalue weighted by atomic mass is 10.1. The first-order chi connectivity index (χ1) is 10.2. The molecule has 21 heavy (non-hydrogen) atoms. The van der Waals surface area contributed by atoms with Crippen molar-refractivity contribution < 1.29 is 14.6 Å². The molecule has 0 spiro atoms. The number of carboxylic acids is 1. The second-order valence-corrected chi connectivity index (χ2v) is 4.39. The standard InChI is InChI=1S/C18H16O3/c1-21-16-11-5-7-14(13-16)8-6-12-17(18(19)20)15-9-3-2-4-10-15/h2-13H,1H3,(H,19,20)/b8-6+,17-12+. The summed E-state index contributed by atoms with van der Waals surface area (Å²) in [7, 11) is 1.61. The minimum Gasteiger partial charge on any atom is -0.497 e. The van der Waals surface area contributed by atoms with Crippen LogP contribution in [0.3, 0.4) is 0 Å². The van der Waals surface area contributed by atoms with Gasteiger partial charge in [0.05, 0.1) is 12.7 Å². The monoisotopic (exact) mass is 280 g/mol. The van der Waals surface area contributed by atoms with Crippen molar-refractivity contribution in [3.63, 3.8) is 0 Å². The van der Waals surface area contributed by atoms with Gasteiger partial charge in [-0.25, -0.2) is 4.79 Å². The minimum absolute atomic E-state index is 0.259. The van der Waals surface area contributed by atoms with Crippen LogP contribution in [0, 0.1) is 0 Å². The number of ether oxygens (including phenoxy) is 1. The van der Waals surface area contributed by atoms with Gasteiger partial charge in [-0.05, 0) is 29.3 Å². The summed E-state index contributed by atoms with van der Waals surface area (Å²) < 4.78 is 5.15. The van der Waals surface area contributed by atoms with Crippen molar-refractivity contribution >= 4 is 17.6 Å². The summed E-state index contributed by atoms with van der Waals surface area (Å²) in [4.78, 5) is 11.3. The Morgan fingerprint density at radius 1 is 1.10 bits per heavy atom. The van der Waals surface area contributed by atoms with Crippen LogP contribution in [0.4, 0.5) is 0 Å². The molecule has 0 atom stereocenters. The highest BCUT2D eigenvalue weighted by molar-refractivity contribution is 6.15. The molecule has 0 radical (unpaired) electrons. The smallest absolute Gasteiger partial charge is 0.336 e. The van der Waals surface area contributed by atoms with E-state index in [0.29, 0.717) is 5.56 Å². The first-order valence-corrected chi connectivity index (χ1v) is 6.52. The highest BCUT2D eigenvalue weighted by Crippen LogP contribution is 2.16. The molecule has 0 heterocycles. The number of benzene rings is 2. The highest BCUT2D eigenvalue weighted by Gasteiger charge is 2.07. The summed E-state index contributed by atoms with van der Waals surface area (Å²) in [5.74, 6) is -0.181. The molecule has 0 unspecified atom stereocenters. The van der Waals surface area contributed by atoms with Crippen molar-refractivity contribution in [2.24, 2.45) is 0 Å². The third-order valence-electron chi connectivity index (χ3n) is 2.96. The Bertz CT molecular complexity index is 670. The summed E-state index contributed by atoms with van der Waals surface area (Å²) >= 11 is 0. The van der Waals surface area contributed by atoms with E-state index in [2.05, 4.69) is 0 Å². The maximum absolute atomic E-state index is 11.3. The summed E-state index contributed by atoms with van der Waals surface area (Å²) in [6.45, 7) is 0. The van der Waals surface area contributed by atoms with Crippen LogP contribution in [0.1, 0.15) is 11.1 Å². The normalized spacial score (nSPS) is 11.6. The zero-order valence-corrected chi connectivity index (χ0v) is 11.7. The number of hydrogen-bond donors (Lipinski definition) is 1. The molecule has 0 saturated heterocycles. The molecule has 1 N–H and O–H groups in total. The molecule has 0 bridgehead atoms. The molecule has 0 aromatic heterocycles. The largest absolute Gasteiger partial charge is 0.497 e. The molecule has 0 aliphatic rings. The molecule has 0 aliphatic carbocycles. The maximum Gasteiger partial charge on any atom is 0.336 e. The lowest BCUT2D eigenvalue weighted by molar-refractivity contribution is -0.130. The number of hydrogen-bond acceptors (Lipinski definition) is 2. The average Bonchev–Trinajstić information content (AvgIpc) is 2.52. The fourth-order valence-electron chi connectivity index (χ4n) is 1.91. The third-order valence-corrected chi connectivity index (χ3v) is 2.96. The fourth-order valence-corrected chi connectivity index (χ4v) is 1.91. The van der Waals surface area contributed by atoms with Crippen molar-refractivity contribution in [3.05, 3.63) is 77.9 Å². The van der Waals surface area contributed by atoms with Gasteiger partial charge in [0.1, 0.15) is 5.75 Å². The number of aliphatic carboxylic acids is 1. The lowest BCUT2D eigenvalue weighted by Crippen LogP contribution is -1.98. The van der Waals surface area contributed by atoms with E-state index in [-0.39, 0.29) is 5.57 Å². The molecule has 106 valence electrons. The van der Waals surface area contributed by atoms with Crippen LogP contribution >= 0.6 is 0 Å². The van der Waals surface area contributed by atoms with Crippen LogP contribution in [0.15, 0.2) is 66.7 Å². The fraction of sp³-hybridized carbons (Fsp3) is 0.0556. The molecule has 0 amide bonds. The molecule has 0 aliphatic heterocycles. The molecular formula is C18H16O3. The van der Waals surface area contributed by atoms with Gasteiger partial charge in [0.15, 0.2) is 0 Å². The van der Waals surface area contributed by atoms with E-state index in [0.717, 1.165) is 11.3 Å². The highest BCUT2D eigenvalue weighted by atomic mass is 16.5. The van der Waals surface area contributed by atoms with Crippen LogP contribution in [-0.2, 0) is 4.79 Å². The Balaban J connectivity index is 2.24. The molecular weight excluding hydrogens is 264 g/mol. The summed E-state index contributed by atoms with van der Waals surface area (Å²) in [5.41, 5.74) is 1.89. The first-order valence-electron chi connectivity index (χ1n) is 6.52. The van der Waals surface area contributed by atoms with Gasteiger partial charge < -0.3 is 9.84 Å². The summed E-state index contributed by atoms with van der Waals surface area (Å²) in [6, 6.07) is 16.6. The van der Waals surface area contributed by atoms with Gasteiger partial charge in [-0.15, -0.1) is 0 Å². The van der Waals surface area contributed by atoms with Gasteiger partial charge in [0.2, 0.25) is 0 Å². The number of rotatable bonds is 5. The average molecular weight is 280 g/mol. The summed E-state index contributed by atoms with van der Waals surface area (Å²) in [6.07, 6.45) is 5.16. The van der Waals surface area contributed by atoms with E-state index in [9.17, 15) is 9.90 Å². The van der Waals surface area contributed by atoms with Gasteiger partial charge in [0.25, 0.3) is 0 Å². The van der Waals surface area contributed by atoms with Crippen molar-refractivity contribution in [2.75, 3.05) is 7.11 Å². The van der Waals surface area contributed by atoms with Crippen LogP contribution in [0.2, 0.25) is 0 Å². The zero-order valence-electron chi connectivity index (χ0n) is 11.7. The Kier molecular flexibility index (Phi) is 4.94. The van der Waals surface area contributed by atoms with E-state index >= 15 is 0 Å². The Morgan fingerprint density at radius 2 is 1.86 bits per heavy atom. The van der Waals surface area contributed by atoms with Crippen molar-refractivity contribution in [2.45, 2.75) is 0 Å². The van der Waals surface area contributed by atoms with Gasteiger partial charge >= 0.3 is 5.97 Å². The van der Waals surface area contributed by atoms with Crippen molar-refractivity contribution in [3.8, 4) is 5.75 Å². The Hall–Kier alpha value is -2.81. The van der Waals surface area contributed by atoms with Crippen LogP contribution in [0.25, 0.3) is 11.6 Å². The van der Waals surface area contributed by atoms with Gasteiger partial charge in [-0.3, -0.25) is 0 Å². The van der Waals surface area contributed by atoms with Crippen molar-refractivity contribution in [1.82, 2.24) is 0 Å². The molecule has 3 nitrogen and oxygen atoms in total. The van der Waals surface area contributed by atoms with E-state index in [1.54, 1.807) is 31.4 Å². The predicted molar refractivity (Wildman–Crippen MR) is 84.1 cm³/mol. The second-order valence-electron chi connectivity index (χ2n) is 4.39. The Morgan fingerprint density at radius 3 is 2.52 bits per heavy atom. The number of allylic oxidation sites excluding steroid dienone is 2. The van der Waals surface area contributed by atoms with E-state index in [1.807, 2.05) is 48.5 Å². The van der Waals surface area contributed by atoms with E-state index in [1.165, 1.54) is 0 Å². The van der Waals surface area contributed by atoms with Gasteiger partial charge in [0, 0.05) is 0 Å². The quantitative estimate of drug-likeness (QED) is 0.668. The minimum atomic E-state index is -0.948. The third kappa shape index (κ3) is 4.08. The summed E-state index contributed by atoms with van der Waals surface area (Å²) in [5, 5.41) is 9.28. The molecule has 2 rings (SSSR count). The van der Waals surface area contributed by atoms with E-state index in [4.69, 9.17) is 4.74 Å². The van der Waals surface area contributed by atoms with E-state index < -0.39 is 5.97 Å². The topological polar surface area (TPSA) is 46.5 Å². The first kappa shape index (κ1) is 14.6. The predicted octanol–water partition coefficient (Wildman–Crippen LogP) is 3.88. The Labute approximate surface area is 123 Å². The van der Waals surface area contributed by atoms with Crippen LogP contribution < -0.4 is 4.74 Å². The van der Waals surface area contributed by atoms with Crippen LogP contribution in [0.5, 0.6) is 5.75 Å². The zero-order chi connectivity index (χ0) is 15.1. The molecule has 3 heteroatoms. The maximum atomic E-state index is 11.3. The number of carboxylic acid groups (broad SMARTS) is 1. The molecule has 2 aromatic carbocycles. The van der Waals surface area contributed by atoms with Crippen molar-refractivity contribution in [1.29, 1.82) is 0 Å². The number of methoxy groups -OCH3 is 1. The SMILES string of the molecule is COc1cccc(/C=C/C=C(/C(=O)O)c2ccccc2)c1. The molecule has 0 saturated carbocycles. The molecule has 0 fully saturated rings. The lowest BCUT2D eigenvalue weighted by Gasteiger charge is -2.01.